The van der Waals surface area contributed by atoms with Crippen LogP contribution in [0, 0.1) is 13.8 Å². The smallest absolute Gasteiger partial charge is 0.324 e. The van der Waals surface area contributed by atoms with Gasteiger partial charge in [-0.05, 0) is 32.4 Å². The molecule has 0 radical (unpaired) electrons. The van der Waals surface area contributed by atoms with E-state index in [2.05, 4.69) is 5.32 Å². The van der Waals surface area contributed by atoms with Crippen LogP contribution >= 0.6 is 0 Å². The van der Waals surface area contributed by atoms with Gasteiger partial charge in [-0.15, -0.1) is 0 Å². The first-order valence-electron chi connectivity index (χ1n) is 9.23. The van der Waals surface area contributed by atoms with Gasteiger partial charge in [0.05, 0.1) is 31.1 Å². The third kappa shape index (κ3) is 3.85. The Hall–Kier alpha value is -1.97. The van der Waals surface area contributed by atoms with Gasteiger partial charge in [-0.3, -0.25) is 9.69 Å². The fourth-order valence-corrected chi connectivity index (χ4v) is 5.41. The second-order valence-electron chi connectivity index (χ2n) is 7.27. The number of benzene rings is 1. The number of rotatable bonds is 4. The summed E-state index contributed by atoms with van der Waals surface area (Å²) in [5.74, 6) is -0.203. The highest BCUT2D eigenvalue weighted by Gasteiger charge is 2.38. The summed E-state index contributed by atoms with van der Waals surface area (Å²) in [6.07, 6.45) is 0. The summed E-state index contributed by atoms with van der Waals surface area (Å²) >= 11 is 0. The maximum Gasteiger partial charge on any atom is 0.324 e. The molecule has 2 aliphatic heterocycles. The van der Waals surface area contributed by atoms with E-state index in [1.807, 2.05) is 26.0 Å². The second-order valence-corrected chi connectivity index (χ2v) is 9.18. The number of hydrogen-bond acceptors (Lipinski definition) is 4. The van der Waals surface area contributed by atoms with Crippen molar-refractivity contribution in [2.75, 3.05) is 39.3 Å². The minimum Gasteiger partial charge on any atom is -0.336 e. The predicted octanol–water partition coefficient (Wildman–Crippen LogP) is -0.867. The Labute approximate surface area is 160 Å². The molecule has 0 spiro atoms. The zero-order valence-electron chi connectivity index (χ0n) is 16.0. The average molecular weight is 396 g/mol. The lowest BCUT2D eigenvalue weighted by molar-refractivity contribution is -0.917. The molecule has 2 N–H and O–H groups in total. The highest BCUT2D eigenvalue weighted by atomic mass is 32.2. The summed E-state index contributed by atoms with van der Waals surface area (Å²) in [7, 11) is -3.54. The Morgan fingerprint density at radius 1 is 1.19 bits per heavy atom. The third-order valence-electron chi connectivity index (χ3n) is 5.42. The molecule has 2 heterocycles. The van der Waals surface area contributed by atoms with Crippen LogP contribution in [-0.2, 0) is 14.8 Å². The number of nitrogens with zero attached hydrogens (tertiary/aromatic N) is 2. The molecule has 1 aromatic carbocycles. The van der Waals surface area contributed by atoms with E-state index in [1.165, 1.54) is 9.21 Å². The number of carbonyl (C=O) groups excluding carboxylic acids is 2. The first-order valence-corrected chi connectivity index (χ1v) is 10.7. The quantitative estimate of drug-likeness (QED) is 0.694. The number of nitrogens with one attached hydrogen (secondary N) is 2. The van der Waals surface area contributed by atoms with Crippen molar-refractivity contribution in [1.82, 2.24) is 14.5 Å². The Bertz CT molecular complexity index is 847. The molecule has 2 aliphatic rings. The summed E-state index contributed by atoms with van der Waals surface area (Å²) in [6, 6.07) is 4.62. The number of imide groups is 1. The van der Waals surface area contributed by atoms with Crippen molar-refractivity contribution in [3.8, 4) is 0 Å². The number of quaternary nitrogens is 1. The topological polar surface area (TPSA) is 91.2 Å². The summed E-state index contributed by atoms with van der Waals surface area (Å²) in [4.78, 5) is 26.8. The van der Waals surface area contributed by atoms with E-state index in [0.717, 1.165) is 16.0 Å². The zero-order valence-corrected chi connectivity index (χ0v) is 16.8. The van der Waals surface area contributed by atoms with Crippen LogP contribution < -0.4 is 10.2 Å². The Kier molecular flexibility index (Phi) is 5.55. The number of aryl methyl sites for hydroxylation is 2. The van der Waals surface area contributed by atoms with Gasteiger partial charge in [0.2, 0.25) is 10.0 Å². The molecule has 27 heavy (non-hydrogen) atoms. The first kappa shape index (κ1) is 19.8. The molecule has 3 rings (SSSR count). The molecule has 0 aromatic heterocycles. The molecule has 0 saturated carbocycles. The molecule has 0 bridgehead atoms. The molecule has 3 amide bonds. The van der Waals surface area contributed by atoms with Crippen LogP contribution in [0.4, 0.5) is 4.79 Å². The van der Waals surface area contributed by atoms with E-state index in [1.54, 1.807) is 13.0 Å². The van der Waals surface area contributed by atoms with Gasteiger partial charge in [0.1, 0.15) is 0 Å². The summed E-state index contributed by atoms with van der Waals surface area (Å²) < 4.78 is 27.4. The third-order valence-corrected chi connectivity index (χ3v) is 7.48. The maximum absolute atomic E-state index is 13.0. The SMILES string of the molecule is Cc1ccc(S(=O)(=O)N2CC[NH+]([C@@H](C)C(=O)N3CCNC3=O)CC2)c(C)c1. The molecule has 148 valence electrons. The van der Waals surface area contributed by atoms with Gasteiger partial charge >= 0.3 is 6.03 Å². The van der Waals surface area contributed by atoms with Crippen LogP contribution in [0.2, 0.25) is 0 Å². The van der Waals surface area contributed by atoms with Crippen molar-refractivity contribution < 1.29 is 22.9 Å². The molecule has 0 aliphatic carbocycles. The van der Waals surface area contributed by atoms with E-state index >= 15 is 0 Å². The minimum atomic E-state index is -3.54. The molecular weight excluding hydrogens is 368 g/mol. The molecule has 0 unspecified atom stereocenters. The van der Waals surface area contributed by atoms with Crippen molar-refractivity contribution in [2.45, 2.75) is 31.7 Å². The van der Waals surface area contributed by atoms with Gasteiger partial charge in [-0.1, -0.05) is 17.7 Å². The van der Waals surface area contributed by atoms with E-state index in [4.69, 9.17) is 0 Å². The normalized spacial score (nSPS) is 20.6. The van der Waals surface area contributed by atoms with Gasteiger partial charge in [-0.2, -0.15) is 4.31 Å². The molecule has 9 heteroatoms. The van der Waals surface area contributed by atoms with Crippen molar-refractivity contribution in [3.05, 3.63) is 29.3 Å². The van der Waals surface area contributed by atoms with Crippen LogP contribution in [0.25, 0.3) is 0 Å². The van der Waals surface area contributed by atoms with Crippen LogP contribution in [0.3, 0.4) is 0 Å². The highest BCUT2D eigenvalue weighted by Crippen LogP contribution is 2.21. The van der Waals surface area contributed by atoms with Gasteiger partial charge < -0.3 is 10.2 Å². The number of urea groups is 1. The molecular formula is C18H27N4O4S+. The zero-order chi connectivity index (χ0) is 19.8. The molecule has 1 atom stereocenters. The Balaban J connectivity index is 1.66. The standard InChI is InChI=1S/C18H26N4O4S/c1-13-4-5-16(14(2)12-13)27(25,26)21-10-8-20(9-11-21)15(3)17(23)22-7-6-19-18(22)24/h4-5,12,15H,6-11H2,1-3H3,(H,19,24)/p+1/t15-/m0/s1. The van der Waals surface area contributed by atoms with Crippen LogP contribution in [0.5, 0.6) is 0 Å². The fourth-order valence-electron chi connectivity index (χ4n) is 3.76. The monoisotopic (exact) mass is 395 g/mol. The molecule has 8 nitrogen and oxygen atoms in total. The molecule has 2 saturated heterocycles. The molecule has 1 aromatic rings. The summed E-state index contributed by atoms with van der Waals surface area (Å²) in [5.41, 5.74) is 1.77. The van der Waals surface area contributed by atoms with Gasteiger partial charge in [-0.25, -0.2) is 13.2 Å². The van der Waals surface area contributed by atoms with Gasteiger partial charge in [0, 0.05) is 13.1 Å². The predicted molar refractivity (Wildman–Crippen MR) is 99.9 cm³/mol. The van der Waals surface area contributed by atoms with E-state index in [-0.39, 0.29) is 18.0 Å². The van der Waals surface area contributed by atoms with Crippen molar-refractivity contribution in [2.24, 2.45) is 0 Å². The lowest BCUT2D eigenvalue weighted by Crippen LogP contribution is -3.19. The van der Waals surface area contributed by atoms with Gasteiger partial charge in [0.25, 0.3) is 5.91 Å². The number of sulfonamides is 1. The number of amides is 3. The second kappa shape index (κ2) is 7.57. The Morgan fingerprint density at radius 2 is 1.85 bits per heavy atom. The largest absolute Gasteiger partial charge is 0.336 e. The lowest BCUT2D eigenvalue weighted by atomic mass is 10.2. The van der Waals surface area contributed by atoms with Crippen molar-refractivity contribution in [1.29, 1.82) is 0 Å². The van der Waals surface area contributed by atoms with Gasteiger partial charge in [0.15, 0.2) is 6.04 Å². The van der Waals surface area contributed by atoms with Crippen LogP contribution in [-0.4, -0.2) is 74.9 Å². The maximum atomic E-state index is 13.0. The Morgan fingerprint density at radius 3 is 2.41 bits per heavy atom. The van der Waals surface area contributed by atoms with Crippen molar-refractivity contribution >= 4 is 22.0 Å². The number of hydrogen-bond donors (Lipinski definition) is 2. The minimum absolute atomic E-state index is 0.203. The number of carbonyl (C=O) groups is 2. The van der Waals surface area contributed by atoms with Crippen LogP contribution in [0.15, 0.2) is 23.1 Å². The highest BCUT2D eigenvalue weighted by molar-refractivity contribution is 7.89. The van der Waals surface area contributed by atoms with E-state index in [9.17, 15) is 18.0 Å². The fraction of sp³-hybridized carbons (Fsp3) is 0.556. The van der Waals surface area contributed by atoms with Crippen molar-refractivity contribution in [3.63, 3.8) is 0 Å². The van der Waals surface area contributed by atoms with E-state index in [0.29, 0.717) is 44.2 Å². The van der Waals surface area contributed by atoms with E-state index < -0.39 is 10.0 Å². The molecule has 2 fully saturated rings. The van der Waals surface area contributed by atoms with Crippen LogP contribution in [0.1, 0.15) is 18.1 Å². The first-order chi connectivity index (χ1) is 12.7. The summed E-state index contributed by atoms with van der Waals surface area (Å²) in [6.45, 7) is 8.20. The summed E-state index contributed by atoms with van der Waals surface area (Å²) in [5, 5.41) is 2.63. The lowest BCUT2D eigenvalue weighted by Gasteiger charge is -2.35. The number of piperazine rings is 1. The average Bonchev–Trinajstić information content (AvgIpc) is 3.06.